The number of rotatable bonds is 0. The van der Waals surface area contributed by atoms with Crippen LogP contribution in [0.2, 0.25) is 0 Å². The predicted octanol–water partition coefficient (Wildman–Crippen LogP) is -0.637. The van der Waals surface area contributed by atoms with Crippen molar-refractivity contribution < 1.29 is 78.8 Å². The van der Waals surface area contributed by atoms with Crippen LogP contribution < -0.4 is 74.0 Å². The van der Waals surface area contributed by atoms with Crippen LogP contribution in [0.1, 0.15) is 0 Å². The summed E-state index contributed by atoms with van der Waals surface area (Å²) in [7, 11) is 0. The maximum Gasteiger partial charge on any atom is 1.00 e. The van der Waals surface area contributed by atoms with Gasteiger partial charge in [-0.15, -0.1) is 0 Å². The Labute approximate surface area is 164 Å². The molecule has 0 aliphatic carbocycles. The Morgan fingerprint density at radius 3 is 1.17 bits per heavy atom. The average Bonchev–Trinajstić information content (AvgIpc) is 2.37. The number of hydrogen-bond acceptors (Lipinski definition) is 2. The summed E-state index contributed by atoms with van der Waals surface area (Å²) < 4.78 is 0. The van der Waals surface area contributed by atoms with E-state index in [0.717, 1.165) is 0 Å². The molecule has 0 fully saturated rings. The molecule has 3 rings (SSSR count). The maximum atomic E-state index is 8.25. The summed E-state index contributed by atoms with van der Waals surface area (Å²) in [6.45, 7) is -0.500. The van der Waals surface area contributed by atoms with Gasteiger partial charge in [0.15, 0.2) is 0 Å². The second-order valence-electron chi connectivity index (χ2n) is 3.64. The SMILES string of the molecule is O=C[O-].[Cs+].c1ccc2cc3ccccc3cc2c1. The van der Waals surface area contributed by atoms with Crippen molar-refractivity contribution >= 4 is 28.0 Å². The number of fused-ring (bicyclic) bond motifs is 2. The molecule has 0 radical (unpaired) electrons. The van der Waals surface area contributed by atoms with E-state index in [4.69, 9.17) is 9.90 Å². The minimum absolute atomic E-state index is 0. The molecular weight excluding hydrogens is 345 g/mol. The van der Waals surface area contributed by atoms with E-state index in [1.807, 2.05) is 0 Å². The third-order valence-corrected chi connectivity index (χ3v) is 2.61. The van der Waals surface area contributed by atoms with Crippen LogP contribution in [0.3, 0.4) is 0 Å². The second-order valence-corrected chi connectivity index (χ2v) is 3.64. The standard InChI is InChI=1S/C14H10.CH2O2.Cs/c1-2-6-12-10-14-8-4-3-7-13(14)9-11(12)5-1;2-1-3;/h1-10H;1H,(H,2,3);/q;;+1/p-1. The zero-order valence-corrected chi connectivity index (χ0v) is 16.4. The van der Waals surface area contributed by atoms with Crippen LogP contribution in [-0.4, -0.2) is 6.47 Å². The molecule has 2 nitrogen and oxygen atoms in total. The summed E-state index contributed by atoms with van der Waals surface area (Å²) in [5.41, 5.74) is 0. The van der Waals surface area contributed by atoms with E-state index < -0.39 is 6.47 Å². The Balaban J connectivity index is 0.000000372. The van der Waals surface area contributed by atoms with Crippen molar-refractivity contribution in [3.05, 3.63) is 60.7 Å². The van der Waals surface area contributed by atoms with Gasteiger partial charge in [0.25, 0.3) is 0 Å². The Kier molecular flexibility index (Phi) is 7.00. The molecule has 84 valence electrons. The molecule has 0 saturated heterocycles. The molecule has 0 N–H and O–H groups in total. The summed E-state index contributed by atoms with van der Waals surface area (Å²) in [5, 5.41) is 13.5. The zero-order valence-electron chi connectivity index (χ0n) is 10.2. The van der Waals surface area contributed by atoms with Gasteiger partial charge in [0.05, 0.1) is 0 Å². The van der Waals surface area contributed by atoms with Crippen molar-refractivity contribution in [3.8, 4) is 0 Å². The number of carbonyl (C=O) groups excluding carboxylic acids is 1. The zero-order chi connectivity index (χ0) is 12.1. The van der Waals surface area contributed by atoms with Gasteiger partial charge in [0, 0.05) is 6.47 Å². The predicted molar refractivity (Wildman–Crippen MR) is 67.5 cm³/mol. The van der Waals surface area contributed by atoms with Gasteiger partial charge < -0.3 is 9.90 Å². The van der Waals surface area contributed by atoms with Gasteiger partial charge in [0.2, 0.25) is 0 Å². The van der Waals surface area contributed by atoms with Crippen molar-refractivity contribution in [2.24, 2.45) is 0 Å². The van der Waals surface area contributed by atoms with Crippen LogP contribution in [0.4, 0.5) is 0 Å². The number of hydrogen-bond donors (Lipinski definition) is 0. The number of carboxylic acid groups (broad SMARTS) is 1. The Morgan fingerprint density at radius 2 is 0.944 bits per heavy atom. The quantitative estimate of drug-likeness (QED) is 0.397. The fraction of sp³-hybridized carbons (Fsp3) is 0. The van der Waals surface area contributed by atoms with E-state index in [-0.39, 0.29) is 68.9 Å². The fourth-order valence-corrected chi connectivity index (χ4v) is 1.88. The van der Waals surface area contributed by atoms with Crippen LogP contribution >= 0.6 is 0 Å². The molecule has 0 unspecified atom stereocenters. The van der Waals surface area contributed by atoms with Crippen LogP contribution in [0, 0.1) is 0 Å². The molecule has 18 heavy (non-hydrogen) atoms. The molecule has 3 aromatic carbocycles. The first kappa shape index (κ1) is 15.8. The summed E-state index contributed by atoms with van der Waals surface area (Å²) in [4.78, 5) is 8.25. The van der Waals surface area contributed by atoms with Crippen LogP contribution in [0.25, 0.3) is 21.5 Å². The summed E-state index contributed by atoms with van der Waals surface area (Å²) in [6.07, 6.45) is 0. The monoisotopic (exact) mass is 356 g/mol. The van der Waals surface area contributed by atoms with Crippen molar-refractivity contribution in [3.63, 3.8) is 0 Å². The van der Waals surface area contributed by atoms with E-state index in [1.165, 1.54) is 21.5 Å². The normalized spacial score (nSPS) is 9.11. The Bertz CT molecular complexity index is 545. The van der Waals surface area contributed by atoms with Crippen LogP contribution in [-0.2, 0) is 4.79 Å². The van der Waals surface area contributed by atoms with E-state index in [0.29, 0.717) is 0 Å². The molecule has 0 amide bonds. The second kappa shape index (κ2) is 7.99. The topological polar surface area (TPSA) is 40.1 Å². The molecule has 0 spiro atoms. The summed E-state index contributed by atoms with van der Waals surface area (Å²) in [5.74, 6) is 0. The Morgan fingerprint density at radius 1 is 0.722 bits per heavy atom. The molecule has 3 heteroatoms. The number of carbonyl (C=O) groups is 1. The van der Waals surface area contributed by atoms with Crippen LogP contribution in [0.15, 0.2) is 60.7 Å². The van der Waals surface area contributed by atoms with E-state index >= 15 is 0 Å². The molecule has 3 aromatic rings. The summed E-state index contributed by atoms with van der Waals surface area (Å²) in [6, 6.07) is 21.4. The third kappa shape index (κ3) is 3.85. The van der Waals surface area contributed by atoms with Gasteiger partial charge in [-0.3, -0.25) is 0 Å². The van der Waals surface area contributed by atoms with E-state index in [9.17, 15) is 0 Å². The van der Waals surface area contributed by atoms with Gasteiger partial charge in [-0.2, -0.15) is 0 Å². The molecule has 0 aliphatic heterocycles. The largest absolute Gasteiger partial charge is 1.00 e. The first-order chi connectivity index (χ1) is 8.35. The van der Waals surface area contributed by atoms with Gasteiger partial charge in [0.1, 0.15) is 0 Å². The number of benzene rings is 3. The summed E-state index contributed by atoms with van der Waals surface area (Å²) >= 11 is 0. The third-order valence-electron chi connectivity index (χ3n) is 2.61. The van der Waals surface area contributed by atoms with Crippen LogP contribution in [0.5, 0.6) is 0 Å². The Hall–Kier alpha value is -0.298. The van der Waals surface area contributed by atoms with Crippen molar-refractivity contribution in [1.82, 2.24) is 0 Å². The molecule has 0 aliphatic rings. The first-order valence-corrected chi connectivity index (χ1v) is 5.28. The van der Waals surface area contributed by atoms with Crippen molar-refractivity contribution in [1.29, 1.82) is 0 Å². The average molecular weight is 356 g/mol. The van der Waals surface area contributed by atoms with Gasteiger partial charge in [-0.05, 0) is 33.7 Å². The smallest absolute Gasteiger partial charge is 0.554 e. The molecule has 0 heterocycles. The van der Waals surface area contributed by atoms with Crippen molar-refractivity contribution in [2.45, 2.75) is 0 Å². The van der Waals surface area contributed by atoms with Gasteiger partial charge in [-0.1, -0.05) is 48.5 Å². The minimum Gasteiger partial charge on any atom is -0.554 e. The molecule has 0 saturated carbocycles. The van der Waals surface area contributed by atoms with Crippen molar-refractivity contribution in [2.75, 3.05) is 0 Å². The molecule has 0 aromatic heterocycles. The van der Waals surface area contributed by atoms with E-state index in [2.05, 4.69) is 60.7 Å². The first-order valence-electron chi connectivity index (χ1n) is 5.28. The maximum absolute atomic E-state index is 8.25. The van der Waals surface area contributed by atoms with Gasteiger partial charge >= 0.3 is 68.9 Å². The molecule has 0 bridgehead atoms. The van der Waals surface area contributed by atoms with Gasteiger partial charge in [-0.25, -0.2) is 0 Å². The fourth-order valence-electron chi connectivity index (χ4n) is 1.88. The molecule has 0 atom stereocenters. The van der Waals surface area contributed by atoms with E-state index in [1.54, 1.807) is 0 Å². The molecular formula is C15H11CsO2. The minimum atomic E-state index is -0.500.